The molecule has 7 atom stereocenters. The average Bonchev–Trinajstić information content (AvgIpc) is 3.97. The lowest BCUT2D eigenvalue weighted by atomic mass is 9.87. The van der Waals surface area contributed by atoms with Gasteiger partial charge in [0.15, 0.2) is 22.8 Å². The highest BCUT2D eigenvalue weighted by Gasteiger charge is 2.50. The SMILES string of the molecule is CCCc1cc(C)c(CCCCCCCCCCCCC(=O)SCCNC(=O)CCNC(=O)C(O)C(C)(C)COP(=O)(O)OP(=O)(O)OCC2OC(n3cnc4c(N)ncnc43)C(O)C2OP(=O)(O)O)o1. The standard InChI is InChI=1S/C42H70N7O18P3S/c1-5-16-29-23-28(2)30(64-29)17-14-12-10-8-6-7-9-11-13-15-18-33(51)71-22-21-44-32(50)19-20-45-40(54)37(53)42(3,4)25-63-70(60,61)67-69(58,59)62-24-31-36(66-68(55,56)57)35(52)41(65-31)49-27-48-34-38(43)46-26-47-39(34)49/h23,26-27,31,35-37,41,52-53H,5-22,24-25H2,1-4H3,(H,44,50)(H,45,54)(H,58,59)(H,60,61)(H2,43,46,47)(H2,55,56,57). The van der Waals surface area contributed by atoms with Crippen LogP contribution >= 0.6 is 35.2 Å². The van der Waals surface area contributed by atoms with E-state index in [2.05, 4.69) is 54.3 Å². The topological polar surface area (TPSA) is 377 Å². The molecule has 3 aromatic rings. The number of thioether (sulfide) groups is 1. The molecule has 0 aliphatic carbocycles. The van der Waals surface area contributed by atoms with Gasteiger partial charge in [-0.2, -0.15) is 4.31 Å². The molecule has 4 rings (SSSR count). The van der Waals surface area contributed by atoms with Crippen molar-refractivity contribution in [2.75, 3.05) is 37.8 Å². The molecule has 402 valence electrons. The zero-order chi connectivity index (χ0) is 52.4. The van der Waals surface area contributed by atoms with E-state index in [1.165, 1.54) is 51.5 Å². The minimum absolute atomic E-state index is 0.0321. The van der Waals surface area contributed by atoms with Crippen molar-refractivity contribution >= 4 is 69.1 Å². The zero-order valence-electron chi connectivity index (χ0n) is 40.5. The molecule has 0 spiro atoms. The Labute approximate surface area is 416 Å². The van der Waals surface area contributed by atoms with Crippen LogP contribution in [0, 0.1) is 12.3 Å². The van der Waals surface area contributed by atoms with Gasteiger partial charge < -0.3 is 55.3 Å². The third kappa shape index (κ3) is 20.6. The molecule has 71 heavy (non-hydrogen) atoms. The third-order valence-electron chi connectivity index (χ3n) is 11.4. The molecule has 4 heterocycles. The van der Waals surface area contributed by atoms with Crippen molar-refractivity contribution in [2.45, 2.75) is 155 Å². The first-order valence-corrected chi connectivity index (χ1v) is 29.1. The number of nitrogen functional groups attached to an aromatic ring is 1. The Morgan fingerprint density at radius 1 is 0.901 bits per heavy atom. The second-order valence-corrected chi connectivity index (χ2v) is 23.3. The van der Waals surface area contributed by atoms with Crippen LogP contribution in [0.5, 0.6) is 0 Å². The summed E-state index contributed by atoms with van der Waals surface area (Å²) in [5, 5.41) is 26.7. The van der Waals surface area contributed by atoms with E-state index in [0.717, 1.165) is 91.9 Å². The van der Waals surface area contributed by atoms with Crippen molar-refractivity contribution in [3.63, 3.8) is 0 Å². The first-order chi connectivity index (χ1) is 33.4. The summed E-state index contributed by atoms with van der Waals surface area (Å²) in [5.41, 5.74) is 5.55. The van der Waals surface area contributed by atoms with Crippen LogP contribution in [0.15, 0.2) is 23.1 Å². The molecule has 1 aliphatic rings. The predicted molar refractivity (Wildman–Crippen MR) is 259 cm³/mol. The predicted octanol–water partition coefficient (Wildman–Crippen LogP) is 5.05. The Morgan fingerprint density at radius 2 is 1.55 bits per heavy atom. The molecule has 1 saturated heterocycles. The number of ether oxygens (including phenoxy) is 1. The number of hydrogen-bond donors (Lipinski definition) is 9. The van der Waals surface area contributed by atoms with Gasteiger partial charge in [0.25, 0.3) is 0 Å². The van der Waals surface area contributed by atoms with Crippen LogP contribution in [0.25, 0.3) is 11.2 Å². The summed E-state index contributed by atoms with van der Waals surface area (Å²) >= 11 is 1.15. The molecule has 0 aromatic carbocycles. The van der Waals surface area contributed by atoms with Crippen LogP contribution in [-0.4, -0.2) is 123 Å². The lowest BCUT2D eigenvalue weighted by Gasteiger charge is -2.30. The van der Waals surface area contributed by atoms with Gasteiger partial charge >= 0.3 is 23.5 Å². The number of nitrogens with two attached hydrogens (primary N) is 1. The van der Waals surface area contributed by atoms with Crippen LogP contribution in [0.4, 0.5) is 5.82 Å². The van der Waals surface area contributed by atoms with Gasteiger partial charge in [-0.05, 0) is 37.8 Å². The van der Waals surface area contributed by atoms with Crippen molar-refractivity contribution in [1.29, 1.82) is 0 Å². The molecular formula is C42H70N7O18P3S. The first kappa shape index (κ1) is 60.4. The molecule has 7 unspecified atom stereocenters. The summed E-state index contributed by atoms with van der Waals surface area (Å²) in [4.78, 5) is 88.5. The number of carbonyl (C=O) groups is 3. The number of furan rings is 1. The van der Waals surface area contributed by atoms with Crippen molar-refractivity contribution in [2.24, 2.45) is 5.41 Å². The molecule has 3 aromatic heterocycles. The number of aliphatic hydroxyl groups is 2. The number of carbonyl (C=O) groups excluding carboxylic acids is 3. The highest BCUT2D eigenvalue weighted by atomic mass is 32.2. The molecular weight excluding hydrogens is 1020 g/mol. The van der Waals surface area contributed by atoms with E-state index < -0.39 is 84.6 Å². The lowest BCUT2D eigenvalue weighted by molar-refractivity contribution is -0.137. The fourth-order valence-corrected chi connectivity index (χ4v) is 11.1. The summed E-state index contributed by atoms with van der Waals surface area (Å²) < 4.78 is 68.5. The molecule has 0 radical (unpaired) electrons. The number of aryl methyl sites for hydroxylation is 3. The van der Waals surface area contributed by atoms with Crippen LogP contribution in [-0.2, 0) is 63.5 Å². The van der Waals surface area contributed by atoms with Crippen LogP contribution in [0.3, 0.4) is 0 Å². The Morgan fingerprint density at radius 3 is 2.21 bits per heavy atom. The van der Waals surface area contributed by atoms with Crippen molar-refractivity contribution < 1.29 is 84.9 Å². The summed E-state index contributed by atoms with van der Waals surface area (Å²) in [6, 6.07) is 2.17. The maximum atomic E-state index is 12.8. The quantitative estimate of drug-likeness (QED) is 0.0279. The maximum Gasteiger partial charge on any atom is 0.481 e. The molecule has 25 nitrogen and oxygen atoms in total. The number of rotatable bonds is 34. The van der Waals surface area contributed by atoms with Gasteiger partial charge in [0.1, 0.15) is 47.8 Å². The second kappa shape index (κ2) is 28.5. The number of phosphoric ester groups is 3. The van der Waals surface area contributed by atoms with Gasteiger partial charge in [-0.1, -0.05) is 83.9 Å². The summed E-state index contributed by atoms with van der Waals surface area (Å²) in [6.45, 7) is 4.84. The van der Waals surface area contributed by atoms with E-state index in [4.69, 9.17) is 23.9 Å². The monoisotopic (exact) mass is 1090 g/mol. The number of unbranched alkanes of at least 4 members (excludes halogenated alkanes) is 9. The number of nitrogens with zero attached hydrogens (tertiary/aromatic N) is 4. The van der Waals surface area contributed by atoms with Gasteiger partial charge in [0.2, 0.25) is 11.8 Å². The number of phosphoric acid groups is 3. The molecule has 10 N–H and O–H groups in total. The van der Waals surface area contributed by atoms with Gasteiger partial charge in [0.05, 0.1) is 19.5 Å². The van der Waals surface area contributed by atoms with E-state index in [-0.39, 0.29) is 41.6 Å². The molecule has 29 heteroatoms. The molecule has 0 saturated carbocycles. The fourth-order valence-electron chi connectivity index (χ4n) is 7.54. The normalized spacial score (nSPS) is 19.6. The highest BCUT2D eigenvalue weighted by Crippen LogP contribution is 2.61. The van der Waals surface area contributed by atoms with E-state index >= 15 is 0 Å². The van der Waals surface area contributed by atoms with E-state index in [1.807, 2.05) is 0 Å². The lowest BCUT2D eigenvalue weighted by Crippen LogP contribution is -2.46. The number of anilines is 1. The van der Waals surface area contributed by atoms with Gasteiger partial charge in [0, 0.05) is 49.9 Å². The molecule has 2 amide bonds. The third-order valence-corrected chi connectivity index (χ3v) is 15.4. The zero-order valence-corrected chi connectivity index (χ0v) is 44.0. The molecule has 1 aliphatic heterocycles. The van der Waals surface area contributed by atoms with Gasteiger partial charge in [-0.3, -0.25) is 32.5 Å². The average molecular weight is 1090 g/mol. The Balaban J connectivity index is 1.04. The van der Waals surface area contributed by atoms with E-state index in [1.54, 1.807) is 0 Å². The minimum atomic E-state index is -5.58. The number of aromatic nitrogens is 4. The fraction of sp³-hybridized carbons (Fsp3) is 0.714. The van der Waals surface area contributed by atoms with Crippen LogP contribution in [0.2, 0.25) is 0 Å². The number of hydrogen-bond acceptors (Lipinski definition) is 19. The number of imidazole rings is 1. The smallest absolute Gasteiger partial charge is 0.466 e. The number of amides is 2. The summed E-state index contributed by atoms with van der Waals surface area (Å²) in [5.74, 6) is 1.19. The van der Waals surface area contributed by atoms with E-state index in [9.17, 15) is 57.9 Å². The summed E-state index contributed by atoms with van der Waals surface area (Å²) in [6.07, 6.45) is 7.98. The number of nitrogens with one attached hydrogen (secondary N) is 2. The second-order valence-electron chi connectivity index (χ2n) is 17.9. The first-order valence-electron chi connectivity index (χ1n) is 23.5. The van der Waals surface area contributed by atoms with Crippen LogP contribution in [0.1, 0.15) is 128 Å². The molecule has 0 bridgehead atoms. The van der Waals surface area contributed by atoms with Gasteiger partial charge in [-0.15, -0.1) is 0 Å². The minimum Gasteiger partial charge on any atom is -0.466 e. The maximum absolute atomic E-state index is 12.8. The number of fused-ring (bicyclic) bond motifs is 1. The van der Waals surface area contributed by atoms with Crippen LogP contribution < -0.4 is 16.4 Å². The largest absolute Gasteiger partial charge is 0.481 e. The Kier molecular flexibility index (Phi) is 24.2. The van der Waals surface area contributed by atoms with Gasteiger partial charge in [-0.25, -0.2) is 28.6 Å². The highest BCUT2D eigenvalue weighted by molar-refractivity contribution is 8.13. The number of aliphatic hydroxyl groups excluding tert-OH is 2. The summed E-state index contributed by atoms with van der Waals surface area (Å²) in [7, 11) is -16.4. The molecule has 1 fully saturated rings. The Hall–Kier alpha value is -3.16. The van der Waals surface area contributed by atoms with E-state index in [0.29, 0.717) is 12.2 Å². The Bertz CT molecular complexity index is 2330. The van der Waals surface area contributed by atoms with Crippen molar-refractivity contribution in [1.82, 2.24) is 30.2 Å². The van der Waals surface area contributed by atoms with Crippen molar-refractivity contribution in [3.05, 3.63) is 35.8 Å². The van der Waals surface area contributed by atoms with Crippen molar-refractivity contribution in [3.8, 4) is 0 Å².